The van der Waals surface area contributed by atoms with Crippen molar-refractivity contribution in [1.29, 1.82) is 0 Å². The zero-order valence-electron chi connectivity index (χ0n) is 40.4. The molecule has 1 atom stereocenters. The van der Waals surface area contributed by atoms with Crippen LogP contribution in [0.1, 0.15) is 11.1 Å². The maximum atomic E-state index is 13.3. The summed E-state index contributed by atoms with van der Waals surface area (Å²) in [4.78, 5) is 10.8. The van der Waals surface area contributed by atoms with E-state index in [1.807, 2.05) is 0 Å². The van der Waals surface area contributed by atoms with E-state index in [2.05, 4.69) is 30.7 Å². The van der Waals surface area contributed by atoms with Crippen LogP contribution >= 0.6 is 0 Å². The average Bonchev–Trinajstić information content (AvgIpc) is 3.29. The van der Waals surface area contributed by atoms with E-state index < -0.39 is 60.5 Å². The second kappa shape index (κ2) is 27.8. The summed E-state index contributed by atoms with van der Waals surface area (Å²) in [6.07, 6.45) is 8.30. The Hall–Kier alpha value is -3.38. The Labute approximate surface area is 513 Å². The molecule has 0 amide bonds. The molecule has 0 saturated carbocycles. The summed E-state index contributed by atoms with van der Waals surface area (Å²) in [7, 11) is -17.2. The van der Waals surface area contributed by atoms with Crippen molar-refractivity contribution in [2.45, 2.75) is 23.6 Å². The molecule has 0 spiro atoms. The average molecular weight is 1130 g/mol. The van der Waals surface area contributed by atoms with Crippen molar-refractivity contribution in [2.24, 2.45) is 30.7 Å². The fraction of sp³-hybridized carbons (Fsp3) is 0.0952. The third-order valence-corrected chi connectivity index (χ3v) is 13.1. The Morgan fingerprint density at radius 2 is 1.19 bits per heavy atom. The number of nitrogens with zero attached hydrogens (tertiary/aromatic N) is 8. The third kappa shape index (κ3) is 17.6. The third-order valence-electron chi connectivity index (χ3n) is 9.57. The molecule has 74 heavy (non-hydrogen) atoms. The minimum absolute atomic E-state index is 0. The monoisotopic (exact) mass is 1130 g/mol. The molecule has 1 unspecified atom stereocenters. The molecule has 2 N–H and O–H groups in total. The van der Waals surface area contributed by atoms with Gasteiger partial charge in [-0.3, -0.25) is 4.55 Å². The molecule has 2 aliphatic rings. The van der Waals surface area contributed by atoms with Gasteiger partial charge in [-0.05, 0) is 96.8 Å². The number of nitroso groups, excluding NO2 is 1. The Balaban J connectivity index is 0.00000469. The number of azo groups is 2. The van der Waals surface area contributed by atoms with Crippen LogP contribution in [0.2, 0.25) is 0 Å². The van der Waals surface area contributed by atoms with Crippen LogP contribution in [0.3, 0.4) is 0 Å². The second-order valence-corrected chi connectivity index (χ2v) is 19.9. The summed E-state index contributed by atoms with van der Waals surface area (Å²) < 4.78 is 150. The molecule has 2 aliphatic carbocycles. The van der Waals surface area contributed by atoms with Crippen LogP contribution < -0.4 is 133 Å². The molecule has 32 heteroatoms. The second-order valence-electron chi connectivity index (χ2n) is 14.4. The summed E-state index contributed by atoms with van der Waals surface area (Å²) in [6, 6.07) is 15.1. The van der Waals surface area contributed by atoms with Crippen molar-refractivity contribution in [3.8, 4) is 11.5 Å². The summed E-state index contributed by atoms with van der Waals surface area (Å²) in [6.45, 7) is 3.10. The van der Waals surface area contributed by atoms with Crippen molar-refractivity contribution >= 4 is 86.4 Å². The molecule has 24 nitrogen and oxygen atoms in total. The minimum atomic E-state index is -5.30. The fourth-order valence-electron chi connectivity index (χ4n) is 6.18. The van der Waals surface area contributed by atoms with Crippen LogP contribution in [0.4, 0.5) is 34.1 Å². The van der Waals surface area contributed by atoms with Crippen LogP contribution in [0.5, 0.6) is 11.5 Å². The number of hydrazone groups is 2. The normalized spacial score (nSPS) is 16.7. The predicted octanol–water partition coefficient (Wildman–Crippen LogP) is -4.15. The van der Waals surface area contributed by atoms with Gasteiger partial charge in [0.1, 0.15) is 36.6 Å². The zero-order chi connectivity index (χ0) is 51.3. The van der Waals surface area contributed by atoms with E-state index in [0.29, 0.717) is 11.1 Å². The van der Waals surface area contributed by atoms with Gasteiger partial charge >= 0.3 is 124 Å². The van der Waals surface area contributed by atoms with Gasteiger partial charge in [0.05, 0.1) is 68.2 Å². The quantitative estimate of drug-likeness (QED) is 0.0285. The Kier molecular flexibility index (Phi) is 25.1. The van der Waals surface area contributed by atoms with Gasteiger partial charge in [0.2, 0.25) is 16.2 Å². The van der Waals surface area contributed by atoms with Crippen LogP contribution in [0, 0.1) is 24.0 Å². The van der Waals surface area contributed by atoms with Crippen molar-refractivity contribution in [3.63, 3.8) is 0 Å². The number of anilines is 1. The first kappa shape index (κ1) is 66.7. The fourth-order valence-corrected chi connectivity index (χ4v) is 8.60. The molecule has 0 fully saturated rings. The van der Waals surface area contributed by atoms with Gasteiger partial charge in [-0.1, -0.05) is 40.6 Å². The molecule has 0 aliphatic heterocycles. The van der Waals surface area contributed by atoms with Crippen molar-refractivity contribution in [2.75, 3.05) is 19.4 Å². The summed E-state index contributed by atoms with van der Waals surface area (Å²) in [5.74, 6) is -0.155. The van der Waals surface area contributed by atoms with Gasteiger partial charge < -0.3 is 33.5 Å². The number of rotatable bonds is 15. The molecule has 0 bridgehead atoms. The van der Waals surface area contributed by atoms with E-state index in [-0.39, 0.29) is 196 Å². The maximum Gasteiger partial charge on any atom is 1.00 e. The van der Waals surface area contributed by atoms with E-state index in [9.17, 15) is 62.3 Å². The molecule has 0 aromatic heterocycles. The molecular weight excluding hydrogens is 1090 g/mol. The summed E-state index contributed by atoms with van der Waals surface area (Å²) in [5, 5.41) is 37.2. The first-order valence-corrected chi connectivity index (χ1v) is 25.1. The summed E-state index contributed by atoms with van der Waals surface area (Å²) in [5.41, 5.74) is -0.336. The molecule has 364 valence electrons. The van der Waals surface area contributed by atoms with E-state index >= 15 is 0 Å². The van der Waals surface area contributed by atoms with Gasteiger partial charge in [0, 0.05) is 24.3 Å². The largest absolute Gasteiger partial charge is 1.00 e. The van der Waals surface area contributed by atoms with Gasteiger partial charge in [0.25, 0.3) is 10.1 Å². The van der Waals surface area contributed by atoms with Crippen molar-refractivity contribution in [1.82, 2.24) is 0 Å². The number of hydrogen-bond donors (Lipinski definition) is 2. The summed E-state index contributed by atoms with van der Waals surface area (Å²) >= 11 is 0. The first-order valence-electron chi connectivity index (χ1n) is 19.4. The van der Waals surface area contributed by atoms with Crippen molar-refractivity contribution in [3.05, 3.63) is 164 Å². The molecule has 0 radical (unpaired) electrons. The molecule has 4 aromatic rings. The number of aryl methyl sites for hydroxylation is 2. The van der Waals surface area contributed by atoms with E-state index in [1.165, 1.54) is 74.9 Å². The van der Waals surface area contributed by atoms with Crippen LogP contribution in [-0.4, -0.2) is 78.5 Å². The van der Waals surface area contributed by atoms with E-state index in [4.69, 9.17) is 9.47 Å². The van der Waals surface area contributed by atoms with Crippen LogP contribution in [0.15, 0.2) is 183 Å². The number of hydrogen-bond acceptors (Lipinski definition) is 20. The molecule has 6 rings (SSSR count). The smallest absolute Gasteiger partial charge is 0.744 e. The SMILES string of the molecule is COc1cc(N=Nc2cccc([S+](=O)([O-])O)c2)c(C)cc1N([O-])N=C1C=CC(=CC=C2C=CC(=N[N+](=O)c3cc(C)c(N=Nc4cccc(S(=O)(=O)[O-])c4)cc3OC)C=C2S(=O)(=O)O)C(S(=O)(=O)[O-])=C1.[Na+].[Na+].[Na+].[Na+]. The van der Waals surface area contributed by atoms with Crippen LogP contribution in [0.25, 0.3) is 0 Å². The molecule has 0 heterocycles. The molecule has 4 aromatic carbocycles. The molecule has 0 saturated heterocycles. The maximum absolute atomic E-state index is 13.3. The Morgan fingerprint density at radius 1 is 0.676 bits per heavy atom. The van der Waals surface area contributed by atoms with E-state index in [1.54, 1.807) is 13.8 Å². The standard InChI is InChI=1S/C42H36N8O16S4.4Na/c1-25-17-37(39(65-3)23-35(25)45-43-29-7-5-9-33(19-29)67(53,54)55)49(51)47-31-15-13-27(41(21-31)69(59,60)61)11-12-28-14-16-32(22-42(28)70(62,63)64)48-50(52)38-18-26(2)36(24-40(38)66-4)46-44-30-8-6-10-34(20-30)68(56,57)58;;;;/h5-24H,1-4H3,(H4-,53,54,55,56,57,58,59,60,61,62,63,64);;;;/q;4*+1/p-2. The minimum Gasteiger partial charge on any atom is -0.744 e. The number of benzene rings is 4. The Bertz CT molecular complexity index is 3580. The predicted molar refractivity (Wildman–Crippen MR) is 250 cm³/mol. The molecular formula is C42H34N8Na4O16S4+2. The van der Waals surface area contributed by atoms with E-state index in [0.717, 1.165) is 60.7 Å². The topological polar surface area (TPSA) is 368 Å². The zero-order valence-corrected chi connectivity index (χ0v) is 51.6. The number of methoxy groups -OCH3 is 2. The number of ether oxygens (including phenoxy) is 2. The number of allylic oxidation sites excluding steroid dienone is 10. The van der Waals surface area contributed by atoms with Gasteiger partial charge in [-0.25, -0.2) is 16.8 Å². The Morgan fingerprint density at radius 3 is 1.73 bits per heavy atom. The van der Waals surface area contributed by atoms with Gasteiger partial charge in [-0.2, -0.15) is 38.5 Å². The van der Waals surface area contributed by atoms with Crippen molar-refractivity contribution < 1.29 is 185 Å². The van der Waals surface area contributed by atoms with Crippen LogP contribution in [-0.2, 0) is 45.1 Å². The first-order chi connectivity index (χ1) is 32.7. The van der Waals surface area contributed by atoms with Gasteiger partial charge in [0.15, 0.2) is 9.76 Å². The van der Waals surface area contributed by atoms with Gasteiger partial charge in [-0.15, -0.1) is 0 Å².